The van der Waals surface area contributed by atoms with Gasteiger partial charge < -0.3 is 8.83 Å². The lowest BCUT2D eigenvalue weighted by atomic mass is 9.86. The Hall–Kier alpha value is -2.62. The molecule has 0 aliphatic heterocycles. The van der Waals surface area contributed by atoms with Crippen molar-refractivity contribution in [2.45, 2.75) is 52.4 Å². The van der Waals surface area contributed by atoms with Gasteiger partial charge in [0.15, 0.2) is 17.6 Å². The van der Waals surface area contributed by atoms with Crippen LogP contribution in [-0.4, -0.2) is 9.97 Å². The molecule has 0 aliphatic rings. The van der Waals surface area contributed by atoms with Gasteiger partial charge in [-0.2, -0.15) is 0 Å². The first-order valence-electron chi connectivity index (χ1n) is 8.85. The topological polar surface area (TPSA) is 52.1 Å². The maximum Gasteiger partial charge on any atom is 0.200 e. The third-order valence-electron chi connectivity index (χ3n) is 4.10. The first-order chi connectivity index (χ1) is 12.2. The average Bonchev–Trinajstić information content (AvgIpc) is 3.20. The van der Waals surface area contributed by atoms with Crippen LogP contribution in [0.25, 0.3) is 22.2 Å². The molecule has 4 rings (SSSR count). The number of fused-ring (bicyclic) bond motifs is 2. The Morgan fingerprint density at radius 1 is 0.769 bits per heavy atom. The molecule has 0 spiro atoms. The largest absolute Gasteiger partial charge is 0.443 e. The summed E-state index contributed by atoms with van der Waals surface area (Å²) in [4.78, 5) is 8.64. The predicted molar refractivity (Wildman–Crippen MR) is 105 cm³/mol. The Kier molecular flexibility index (Phi) is 4.61. The fraction of sp³-hybridized carbons (Fsp3) is 0.364. The van der Waals surface area contributed by atoms with Gasteiger partial charge in [-0.1, -0.05) is 65.8 Å². The lowest BCUT2D eigenvalue weighted by molar-refractivity contribution is 0.411. The summed E-state index contributed by atoms with van der Waals surface area (Å²) < 4.78 is 10.9. The van der Waals surface area contributed by atoms with Gasteiger partial charge in [0.25, 0.3) is 0 Å². The smallest absolute Gasteiger partial charge is 0.200 e. The van der Waals surface area contributed by atoms with Crippen LogP contribution < -0.4 is 0 Å². The van der Waals surface area contributed by atoms with Gasteiger partial charge >= 0.3 is 0 Å². The second-order valence-corrected chi connectivity index (χ2v) is 8.49. The molecular weight excluding hydrogens is 324 g/mol. The van der Waals surface area contributed by atoms with Crippen LogP contribution in [0.15, 0.2) is 57.7 Å². The molecule has 2 aromatic carbocycles. The minimum Gasteiger partial charge on any atom is -0.443 e. The van der Waals surface area contributed by atoms with Crippen molar-refractivity contribution >= 4 is 22.2 Å². The van der Waals surface area contributed by atoms with Gasteiger partial charge in [-0.05, 0) is 29.2 Å². The second-order valence-electron chi connectivity index (χ2n) is 8.49. The van der Waals surface area contributed by atoms with Crippen LogP contribution in [0.2, 0.25) is 0 Å². The number of nitrogens with zero attached hydrogens (tertiary/aromatic N) is 2. The standard InChI is InChI=1S/2C11H13NO/c1-11(2,3)8-5-4-6-9-10(8)12-7-13-9;1-11(2,3)10-12-8-6-4-5-7-9(8)13-10/h2*4-7H,1-3H3. The van der Waals surface area contributed by atoms with Crippen LogP contribution in [0.4, 0.5) is 0 Å². The number of rotatable bonds is 0. The molecule has 0 saturated heterocycles. The summed E-state index contributed by atoms with van der Waals surface area (Å²) in [5, 5.41) is 0. The summed E-state index contributed by atoms with van der Waals surface area (Å²) >= 11 is 0. The van der Waals surface area contributed by atoms with E-state index >= 15 is 0 Å². The van der Waals surface area contributed by atoms with E-state index in [9.17, 15) is 0 Å². The number of para-hydroxylation sites is 3. The quantitative estimate of drug-likeness (QED) is 0.376. The highest BCUT2D eigenvalue weighted by atomic mass is 16.3. The van der Waals surface area contributed by atoms with E-state index in [1.54, 1.807) is 0 Å². The summed E-state index contributed by atoms with van der Waals surface area (Å²) in [6.45, 7) is 12.8. The number of aromatic nitrogens is 2. The maximum absolute atomic E-state index is 5.62. The van der Waals surface area contributed by atoms with Crippen molar-refractivity contribution < 1.29 is 8.83 Å². The van der Waals surface area contributed by atoms with E-state index < -0.39 is 0 Å². The van der Waals surface area contributed by atoms with Crippen molar-refractivity contribution in [1.82, 2.24) is 9.97 Å². The zero-order chi connectivity index (χ0) is 18.9. The Bertz CT molecular complexity index is 980. The Morgan fingerprint density at radius 3 is 2.12 bits per heavy atom. The molecule has 0 atom stereocenters. The van der Waals surface area contributed by atoms with Crippen molar-refractivity contribution in [2.24, 2.45) is 0 Å². The highest BCUT2D eigenvalue weighted by Crippen LogP contribution is 2.28. The number of hydrogen-bond acceptors (Lipinski definition) is 4. The first-order valence-corrected chi connectivity index (χ1v) is 8.85. The van der Waals surface area contributed by atoms with Crippen LogP contribution in [0.5, 0.6) is 0 Å². The predicted octanol–water partition coefficient (Wildman–Crippen LogP) is 6.25. The van der Waals surface area contributed by atoms with Crippen LogP contribution in [0.1, 0.15) is 53.0 Å². The maximum atomic E-state index is 5.62. The molecule has 0 saturated carbocycles. The molecular formula is C22H26N2O2. The molecule has 136 valence electrons. The van der Waals surface area contributed by atoms with E-state index in [2.05, 4.69) is 57.6 Å². The molecule has 0 fully saturated rings. The highest BCUT2D eigenvalue weighted by Gasteiger charge is 2.20. The fourth-order valence-electron chi connectivity index (χ4n) is 2.68. The van der Waals surface area contributed by atoms with Crippen molar-refractivity contribution in [3.63, 3.8) is 0 Å². The lowest BCUT2D eigenvalue weighted by Gasteiger charge is -2.18. The zero-order valence-corrected chi connectivity index (χ0v) is 16.3. The van der Waals surface area contributed by atoms with Crippen molar-refractivity contribution in [3.05, 3.63) is 60.3 Å². The number of hydrogen-bond donors (Lipinski definition) is 0. The SMILES string of the molecule is CC(C)(C)c1cccc2ocnc12.CC(C)(C)c1nc2ccccc2o1. The second kappa shape index (κ2) is 6.60. The van der Waals surface area contributed by atoms with Gasteiger partial charge in [0.2, 0.25) is 5.89 Å². The summed E-state index contributed by atoms with van der Waals surface area (Å²) in [5.74, 6) is 0.800. The summed E-state index contributed by atoms with van der Waals surface area (Å²) in [6.07, 6.45) is 1.50. The molecule has 0 radical (unpaired) electrons. The van der Waals surface area contributed by atoms with Crippen LogP contribution in [0.3, 0.4) is 0 Å². The van der Waals surface area contributed by atoms with Crippen LogP contribution >= 0.6 is 0 Å². The van der Waals surface area contributed by atoms with Gasteiger partial charge in [0.1, 0.15) is 11.0 Å². The average molecular weight is 350 g/mol. The van der Waals surface area contributed by atoms with Gasteiger partial charge in [0, 0.05) is 5.41 Å². The lowest BCUT2D eigenvalue weighted by Crippen LogP contribution is -2.11. The monoisotopic (exact) mass is 350 g/mol. The molecule has 0 aliphatic carbocycles. The molecule has 2 aromatic heterocycles. The molecule has 26 heavy (non-hydrogen) atoms. The Balaban J connectivity index is 0.000000151. The molecule has 2 heterocycles. The van der Waals surface area contributed by atoms with E-state index in [-0.39, 0.29) is 10.8 Å². The van der Waals surface area contributed by atoms with E-state index in [1.165, 1.54) is 12.0 Å². The minimum absolute atomic E-state index is 0.0149. The summed E-state index contributed by atoms with van der Waals surface area (Å²) in [6, 6.07) is 13.9. The molecule has 4 heteroatoms. The molecule has 4 nitrogen and oxygen atoms in total. The molecule has 0 N–H and O–H groups in total. The molecule has 0 unspecified atom stereocenters. The van der Waals surface area contributed by atoms with E-state index in [0.29, 0.717) is 0 Å². The van der Waals surface area contributed by atoms with E-state index in [0.717, 1.165) is 28.1 Å². The minimum atomic E-state index is -0.0149. The Labute approximate surface area is 154 Å². The number of benzene rings is 2. The molecule has 0 bridgehead atoms. The van der Waals surface area contributed by atoms with Crippen LogP contribution in [0, 0.1) is 0 Å². The summed E-state index contributed by atoms with van der Waals surface area (Å²) in [7, 11) is 0. The van der Waals surface area contributed by atoms with Crippen molar-refractivity contribution in [1.29, 1.82) is 0 Å². The normalized spacial score (nSPS) is 12.2. The molecule has 4 aromatic rings. The van der Waals surface area contributed by atoms with Crippen molar-refractivity contribution in [3.8, 4) is 0 Å². The van der Waals surface area contributed by atoms with Crippen molar-refractivity contribution in [2.75, 3.05) is 0 Å². The van der Waals surface area contributed by atoms with Crippen LogP contribution in [-0.2, 0) is 10.8 Å². The third-order valence-corrected chi connectivity index (χ3v) is 4.10. The Morgan fingerprint density at radius 2 is 1.46 bits per heavy atom. The molecule has 0 amide bonds. The highest BCUT2D eigenvalue weighted by molar-refractivity contribution is 5.77. The number of oxazole rings is 2. The third kappa shape index (κ3) is 3.79. The zero-order valence-electron chi connectivity index (χ0n) is 16.3. The van der Waals surface area contributed by atoms with E-state index in [4.69, 9.17) is 8.83 Å². The van der Waals surface area contributed by atoms with E-state index in [1.807, 2.05) is 36.4 Å². The van der Waals surface area contributed by atoms with Gasteiger partial charge in [-0.25, -0.2) is 9.97 Å². The summed E-state index contributed by atoms with van der Waals surface area (Å²) in [5.41, 5.74) is 5.00. The van der Waals surface area contributed by atoms with Gasteiger partial charge in [0.05, 0.1) is 0 Å². The first kappa shape index (κ1) is 18.2. The fourth-order valence-corrected chi connectivity index (χ4v) is 2.68. The van der Waals surface area contributed by atoms with Gasteiger partial charge in [-0.15, -0.1) is 0 Å². The van der Waals surface area contributed by atoms with Gasteiger partial charge in [-0.3, -0.25) is 0 Å².